The van der Waals surface area contributed by atoms with Crippen LogP contribution in [0, 0.1) is 5.92 Å². The van der Waals surface area contributed by atoms with Crippen LogP contribution >= 0.6 is 0 Å². The summed E-state index contributed by atoms with van der Waals surface area (Å²) in [6.07, 6.45) is 6.41. The molecule has 0 saturated carbocycles. The molecule has 2 aliphatic rings. The molecule has 0 N–H and O–H groups in total. The molecule has 4 nitrogen and oxygen atoms in total. The van der Waals surface area contributed by atoms with Gasteiger partial charge >= 0.3 is 0 Å². The molecule has 102 valence electrons. The van der Waals surface area contributed by atoms with E-state index in [4.69, 9.17) is 0 Å². The minimum absolute atomic E-state index is 0.0179. The predicted octanol–water partition coefficient (Wildman–Crippen LogP) is 1.30. The molecule has 0 aromatic rings. The fourth-order valence-electron chi connectivity index (χ4n) is 2.98. The molecule has 0 spiro atoms. The van der Waals surface area contributed by atoms with Crippen LogP contribution in [0.25, 0.3) is 0 Å². The number of nitrogens with zero attached hydrogens (tertiary/aromatic N) is 2. The van der Waals surface area contributed by atoms with Gasteiger partial charge in [-0.3, -0.25) is 9.69 Å². The van der Waals surface area contributed by atoms with Gasteiger partial charge < -0.3 is 9.69 Å². The summed E-state index contributed by atoms with van der Waals surface area (Å²) >= 11 is 0. The van der Waals surface area contributed by atoms with Crippen LogP contribution in [0.15, 0.2) is 0 Å². The van der Waals surface area contributed by atoms with Gasteiger partial charge in [-0.2, -0.15) is 0 Å². The zero-order chi connectivity index (χ0) is 13.0. The summed E-state index contributed by atoms with van der Waals surface area (Å²) in [6, 6.07) is -0.0179. The van der Waals surface area contributed by atoms with Gasteiger partial charge in [-0.05, 0) is 52.1 Å². The van der Waals surface area contributed by atoms with Crippen molar-refractivity contribution < 1.29 is 9.59 Å². The second-order valence-corrected chi connectivity index (χ2v) is 5.57. The van der Waals surface area contributed by atoms with Crippen molar-refractivity contribution in [3.05, 3.63) is 0 Å². The summed E-state index contributed by atoms with van der Waals surface area (Å²) in [5.41, 5.74) is 0. The van der Waals surface area contributed by atoms with E-state index in [1.807, 2.05) is 11.8 Å². The van der Waals surface area contributed by atoms with Gasteiger partial charge in [0.15, 0.2) is 0 Å². The molecule has 4 heteroatoms. The van der Waals surface area contributed by atoms with Gasteiger partial charge in [-0.1, -0.05) is 0 Å². The fourth-order valence-corrected chi connectivity index (χ4v) is 2.98. The summed E-state index contributed by atoms with van der Waals surface area (Å²) < 4.78 is 0. The van der Waals surface area contributed by atoms with Gasteiger partial charge in [0.2, 0.25) is 5.91 Å². The number of rotatable bonds is 3. The van der Waals surface area contributed by atoms with Gasteiger partial charge in [0.25, 0.3) is 0 Å². The van der Waals surface area contributed by atoms with E-state index in [0.29, 0.717) is 0 Å². The van der Waals surface area contributed by atoms with Crippen molar-refractivity contribution in [1.29, 1.82) is 0 Å². The second kappa shape index (κ2) is 6.32. The number of aldehydes is 1. The number of hydrogen-bond donors (Lipinski definition) is 0. The van der Waals surface area contributed by atoms with E-state index in [9.17, 15) is 9.59 Å². The standard InChI is InChI=1S/C14H24N2O2/c1-12(14(18)16-7-3-2-4-8-16)15-9-5-13(11-17)6-10-15/h11-13H,2-10H2,1H3. The van der Waals surface area contributed by atoms with Crippen molar-refractivity contribution in [3.63, 3.8) is 0 Å². The number of piperidine rings is 2. The van der Waals surface area contributed by atoms with E-state index < -0.39 is 0 Å². The third-order valence-corrected chi connectivity index (χ3v) is 4.34. The highest BCUT2D eigenvalue weighted by molar-refractivity contribution is 5.81. The number of carbonyl (C=O) groups excluding carboxylic acids is 2. The molecule has 2 aliphatic heterocycles. The van der Waals surface area contributed by atoms with Crippen LogP contribution in [0.3, 0.4) is 0 Å². The first-order chi connectivity index (χ1) is 8.72. The highest BCUT2D eigenvalue weighted by Crippen LogP contribution is 2.19. The maximum absolute atomic E-state index is 12.4. The SMILES string of the molecule is CC(C(=O)N1CCCCC1)N1CCC(C=O)CC1. The Labute approximate surface area is 109 Å². The molecule has 0 aliphatic carbocycles. The van der Waals surface area contributed by atoms with E-state index in [0.717, 1.165) is 58.1 Å². The number of carbonyl (C=O) groups is 2. The third kappa shape index (κ3) is 3.10. The van der Waals surface area contributed by atoms with Crippen molar-refractivity contribution in [3.8, 4) is 0 Å². The molecule has 1 atom stereocenters. The molecule has 18 heavy (non-hydrogen) atoms. The van der Waals surface area contributed by atoms with Crippen LogP contribution in [-0.2, 0) is 9.59 Å². The summed E-state index contributed by atoms with van der Waals surface area (Å²) in [7, 11) is 0. The molecule has 0 radical (unpaired) electrons. The molecular weight excluding hydrogens is 228 g/mol. The molecule has 0 aromatic heterocycles. The zero-order valence-electron chi connectivity index (χ0n) is 11.3. The molecule has 2 heterocycles. The Morgan fingerprint density at radius 2 is 1.72 bits per heavy atom. The van der Waals surface area contributed by atoms with Crippen LogP contribution in [0.1, 0.15) is 39.0 Å². The Balaban J connectivity index is 1.84. The Kier molecular flexibility index (Phi) is 4.75. The molecule has 0 bridgehead atoms. The van der Waals surface area contributed by atoms with Crippen LogP contribution in [0.2, 0.25) is 0 Å². The van der Waals surface area contributed by atoms with Gasteiger partial charge in [0, 0.05) is 19.0 Å². The van der Waals surface area contributed by atoms with E-state index in [2.05, 4.69) is 4.90 Å². The maximum atomic E-state index is 12.4. The molecule has 2 rings (SSSR count). The monoisotopic (exact) mass is 252 g/mol. The minimum atomic E-state index is -0.0179. The Morgan fingerprint density at radius 3 is 2.28 bits per heavy atom. The Hall–Kier alpha value is -0.900. The lowest BCUT2D eigenvalue weighted by Gasteiger charge is -2.37. The van der Waals surface area contributed by atoms with Crippen LogP contribution < -0.4 is 0 Å². The van der Waals surface area contributed by atoms with Gasteiger partial charge in [0.05, 0.1) is 6.04 Å². The topological polar surface area (TPSA) is 40.6 Å². The fraction of sp³-hybridized carbons (Fsp3) is 0.857. The van der Waals surface area contributed by atoms with E-state index >= 15 is 0 Å². The molecule has 1 unspecified atom stereocenters. The summed E-state index contributed by atoms with van der Waals surface area (Å²) in [5, 5.41) is 0. The lowest BCUT2D eigenvalue weighted by atomic mass is 9.97. The van der Waals surface area contributed by atoms with Gasteiger partial charge in [0.1, 0.15) is 6.29 Å². The van der Waals surface area contributed by atoms with Crippen molar-refractivity contribution in [1.82, 2.24) is 9.80 Å². The molecule has 1 amide bonds. The van der Waals surface area contributed by atoms with Gasteiger partial charge in [-0.15, -0.1) is 0 Å². The number of likely N-dealkylation sites (tertiary alicyclic amines) is 2. The average molecular weight is 252 g/mol. The van der Waals surface area contributed by atoms with Crippen molar-refractivity contribution in [2.75, 3.05) is 26.2 Å². The highest BCUT2D eigenvalue weighted by Gasteiger charge is 2.29. The molecular formula is C14H24N2O2. The molecule has 0 aromatic carbocycles. The summed E-state index contributed by atoms with van der Waals surface area (Å²) in [5.74, 6) is 0.484. The maximum Gasteiger partial charge on any atom is 0.239 e. The van der Waals surface area contributed by atoms with Crippen molar-refractivity contribution in [2.45, 2.75) is 45.1 Å². The smallest absolute Gasteiger partial charge is 0.239 e. The summed E-state index contributed by atoms with van der Waals surface area (Å²) in [4.78, 5) is 27.3. The second-order valence-electron chi connectivity index (χ2n) is 5.57. The third-order valence-electron chi connectivity index (χ3n) is 4.34. The van der Waals surface area contributed by atoms with E-state index in [1.54, 1.807) is 0 Å². The number of amides is 1. The van der Waals surface area contributed by atoms with E-state index in [1.165, 1.54) is 6.42 Å². The molecule has 2 fully saturated rings. The largest absolute Gasteiger partial charge is 0.341 e. The highest BCUT2D eigenvalue weighted by atomic mass is 16.2. The first-order valence-corrected chi connectivity index (χ1v) is 7.20. The Morgan fingerprint density at radius 1 is 1.11 bits per heavy atom. The normalized spacial score (nSPS) is 24.8. The number of hydrogen-bond acceptors (Lipinski definition) is 3. The van der Waals surface area contributed by atoms with Crippen LogP contribution in [-0.4, -0.2) is 54.2 Å². The average Bonchev–Trinajstić information content (AvgIpc) is 2.47. The van der Waals surface area contributed by atoms with Crippen LogP contribution in [0.4, 0.5) is 0 Å². The van der Waals surface area contributed by atoms with Crippen LogP contribution in [0.5, 0.6) is 0 Å². The lowest BCUT2D eigenvalue weighted by molar-refractivity contribution is -0.137. The summed E-state index contributed by atoms with van der Waals surface area (Å²) in [6.45, 7) is 5.62. The van der Waals surface area contributed by atoms with Crippen molar-refractivity contribution in [2.24, 2.45) is 5.92 Å². The van der Waals surface area contributed by atoms with E-state index in [-0.39, 0.29) is 17.9 Å². The van der Waals surface area contributed by atoms with Crippen molar-refractivity contribution >= 4 is 12.2 Å². The zero-order valence-corrected chi connectivity index (χ0v) is 11.3. The first-order valence-electron chi connectivity index (χ1n) is 7.20. The van der Waals surface area contributed by atoms with Gasteiger partial charge in [-0.25, -0.2) is 0 Å². The predicted molar refractivity (Wildman–Crippen MR) is 70.3 cm³/mol. The Bertz CT molecular complexity index is 292. The lowest BCUT2D eigenvalue weighted by Crippen LogP contribution is -2.50. The quantitative estimate of drug-likeness (QED) is 0.711. The molecule has 2 saturated heterocycles. The minimum Gasteiger partial charge on any atom is -0.341 e. The first kappa shape index (κ1) is 13.5.